The van der Waals surface area contributed by atoms with Gasteiger partial charge in [0, 0.05) is 5.69 Å². The van der Waals surface area contributed by atoms with Gasteiger partial charge in [0.2, 0.25) is 0 Å². The van der Waals surface area contributed by atoms with Crippen LogP contribution in [0.2, 0.25) is 0 Å². The van der Waals surface area contributed by atoms with Crippen LogP contribution in [-0.4, -0.2) is 4.92 Å². The molecule has 0 fully saturated rings. The predicted molar refractivity (Wildman–Crippen MR) is 50.8 cm³/mol. The van der Waals surface area contributed by atoms with Crippen molar-refractivity contribution in [2.24, 2.45) is 0 Å². The highest BCUT2D eigenvalue weighted by Crippen LogP contribution is 2.07. The van der Waals surface area contributed by atoms with Crippen LogP contribution in [0.1, 0.15) is 6.92 Å². The van der Waals surface area contributed by atoms with E-state index >= 15 is 0 Å². The van der Waals surface area contributed by atoms with Gasteiger partial charge < -0.3 is 5.32 Å². The molecule has 4 heteroatoms. The summed E-state index contributed by atoms with van der Waals surface area (Å²) in [5, 5.41) is 13.0. The fraction of sp³-hybridized carbons (Fsp3) is 0.111. The van der Waals surface area contributed by atoms with E-state index in [0.717, 1.165) is 11.9 Å². The summed E-state index contributed by atoms with van der Waals surface area (Å²) in [6.45, 7) is 1.65. The zero-order valence-corrected chi connectivity index (χ0v) is 7.23. The Kier molecular flexibility index (Phi) is 3.03. The largest absolute Gasteiger partial charge is 0.354 e. The molecule has 0 atom stereocenters. The smallest absolute Gasteiger partial charge is 0.253 e. The summed E-state index contributed by atoms with van der Waals surface area (Å²) < 4.78 is 0. The summed E-state index contributed by atoms with van der Waals surface area (Å²) in [5.74, 6) is 0. The lowest BCUT2D eigenvalue weighted by Crippen LogP contribution is -1.98. The molecule has 4 nitrogen and oxygen atoms in total. The highest BCUT2D eigenvalue weighted by Gasteiger charge is 1.95. The average molecular weight is 178 g/mol. The molecule has 1 aromatic rings. The standard InChI is InChI=1S/C9H10N2O2/c1-8(7-11(12)13)10-9-5-3-2-4-6-9/h2-7,10H,1H3/b8-7+. The summed E-state index contributed by atoms with van der Waals surface area (Å²) in [6, 6.07) is 9.30. The molecule has 0 saturated heterocycles. The highest BCUT2D eigenvalue weighted by atomic mass is 16.6. The van der Waals surface area contributed by atoms with Crippen molar-refractivity contribution in [2.75, 3.05) is 5.32 Å². The van der Waals surface area contributed by atoms with E-state index in [1.165, 1.54) is 0 Å². The first kappa shape index (κ1) is 9.25. The van der Waals surface area contributed by atoms with E-state index in [2.05, 4.69) is 5.32 Å². The van der Waals surface area contributed by atoms with Crippen LogP contribution in [0.4, 0.5) is 5.69 Å². The first-order valence-electron chi connectivity index (χ1n) is 3.82. The van der Waals surface area contributed by atoms with Gasteiger partial charge in [0.1, 0.15) is 0 Å². The normalized spacial score (nSPS) is 11.0. The maximum Gasteiger partial charge on any atom is 0.253 e. The van der Waals surface area contributed by atoms with E-state index in [1.54, 1.807) is 6.92 Å². The third-order valence-corrected chi connectivity index (χ3v) is 1.41. The Labute approximate surface area is 76.0 Å². The number of hydrogen-bond acceptors (Lipinski definition) is 3. The Balaban J connectivity index is 2.65. The van der Waals surface area contributed by atoms with Crippen LogP contribution in [0.15, 0.2) is 42.2 Å². The molecule has 0 heterocycles. The highest BCUT2D eigenvalue weighted by molar-refractivity contribution is 5.46. The first-order chi connectivity index (χ1) is 6.18. The third-order valence-electron chi connectivity index (χ3n) is 1.41. The maximum atomic E-state index is 10.1. The second kappa shape index (κ2) is 4.25. The molecule has 0 bridgehead atoms. The van der Waals surface area contributed by atoms with E-state index in [9.17, 15) is 10.1 Å². The minimum absolute atomic E-state index is 0.481. The summed E-state index contributed by atoms with van der Waals surface area (Å²) in [5.41, 5.74) is 1.36. The minimum atomic E-state index is -0.481. The van der Waals surface area contributed by atoms with Gasteiger partial charge in [-0.1, -0.05) is 18.2 Å². The number of para-hydroxylation sites is 1. The molecular weight excluding hydrogens is 168 g/mol. The molecule has 0 aliphatic rings. The molecule has 68 valence electrons. The molecule has 13 heavy (non-hydrogen) atoms. The van der Waals surface area contributed by atoms with Gasteiger partial charge in [-0.15, -0.1) is 0 Å². The third kappa shape index (κ3) is 3.37. The van der Waals surface area contributed by atoms with E-state index in [1.807, 2.05) is 30.3 Å². The lowest BCUT2D eigenvalue weighted by molar-refractivity contribution is -0.403. The molecule has 1 aromatic carbocycles. The van der Waals surface area contributed by atoms with E-state index < -0.39 is 4.92 Å². The van der Waals surface area contributed by atoms with Gasteiger partial charge in [0.05, 0.1) is 10.6 Å². The molecule has 0 saturated carbocycles. The predicted octanol–water partition coefficient (Wildman–Crippen LogP) is 2.24. The van der Waals surface area contributed by atoms with Crippen LogP contribution in [0.25, 0.3) is 0 Å². The van der Waals surface area contributed by atoms with Crippen molar-refractivity contribution in [3.8, 4) is 0 Å². The van der Waals surface area contributed by atoms with Crippen molar-refractivity contribution in [3.63, 3.8) is 0 Å². The quantitative estimate of drug-likeness (QED) is 0.570. The van der Waals surface area contributed by atoms with Crippen molar-refractivity contribution in [1.82, 2.24) is 0 Å². The molecule has 0 radical (unpaired) electrons. The Morgan fingerprint density at radius 2 is 2.08 bits per heavy atom. The Morgan fingerprint density at radius 1 is 1.46 bits per heavy atom. The summed E-state index contributed by atoms with van der Waals surface area (Å²) in [7, 11) is 0. The van der Waals surface area contributed by atoms with Crippen molar-refractivity contribution in [2.45, 2.75) is 6.92 Å². The van der Waals surface area contributed by atoms with Gasteiger partial charge in [-0.05, 0) is 19.1 Å². The minimum Gasteiger partial charge on any atom is -0.354 e. The van der Waals surface area contributed by atoms with E-state index in [-0.39, 0.29) is 0 Å². The molecule has 1 N–H and O–H groups in total. The van der Waals surface area contributed by atoms with Crippen LogP contribution in [0.3, 0.4) is 0 Å². The molecular formula is C9H10N2O2. The van der Waals surface area contributed by atoms with Gasteiger partial charge in [0.15, 0.2) is 0 Å². The fourth-order valence-corrected chi connectivity index (χ4v) is 0.940. The average Bonchev–Trinajstić information content (AvgIpc) is 2.04. The number of allylic oxidation sites excluding steroid dienone is 1. The topological polar surface area (TPSA) is 55.2 Å². The molecule has 1 rings (SSSR count). The molecule has 0 aliphatic carbocycles. The molecule has 0 aromatic heterocycles. The molecule has 0 aliphatic heterocycles. The summed E-state index contributed by atoms with van der Waals surface area (Å²) in [6.07, 6.45) is 0.937. The fourth-order valence-electron chi connectivity index (χ4n) is 0.940. The first-order valence-corrected chi connectivity index (χ1v) is 3.82. The van der Waals surface area contributed by atoms with Gasteiger partial charge in [-0.25, -0.2) is 0 Å². The Morgan fingerprint density at radius 3 is 2.62 bits per heavy atom. The van der Waals surface area contributed by atoms with Crippen molar-refractivity contribution in [1.29, 1.82) is 0 Å². The zero-order valence-electron chi connectivity index (χ0n) is 7.23. The van der Waals surface area contributed by atoms with Gasteiger partial charge in [-0.3, -0.25) is 10.1 Å². The van der Waals surface area contributed by atoms with Gasteiger partial charge in [0.25, 0.3) is 6.20 Å². The number of rotatable bonds is 3. The number of benzene rings is 1. The van der Waals surface area contributed by atoms with Gasteiger partial charge >= 0.3 is 0 Å². The van der Waals surface area contributed by atoms with Crippen molar-refractivity contribution >= 4 is 5.69 Å². The SMILES string of the molecule is C/C(=C\[N+](=O)[O-])Nc1ccccc1. The van der Waals surface area contributed by atoms with Crippen LogP contribution in [-0.2, 0) is 0 Å². The molecule has 0 unspecified atom stereocenters. The maximum absolute atomic E-state index is 10.1. The number of nitrogens with zero attached hydrogens (tertiary/aromatic N) is 1. The molecule has 0 amide bonds. The van der Waals surface area contributed by atoms with Crippen LogP contribution < -0.4 is 5.32 Å². The van der Waals surface area contributed by atoms with Crippen LogP contribution in [0, 0.1) is 10.1 Å². The number of anilines is 1. The second-order valence-electron chi connectivity index (χ2n) is 2.59. The summed E-state index contributed by atoms with van der Waals surface area (Å²) in [4.78, 5) is 9.61. The van der Waals surface area contributed by atoms with Crippen LogP contribution >= 0.6 is 0 Å². The van der Waals surface area contributed by atoms with E-state index in [4.69, 9.17) is 0 Å². The summed E-state index contributed by atoms with van der Waals surface area (Å²) >= 11 is 0. The number of hydrogen-bond donors (Lipinski definition) is 1. The lowest BCUT2D eigenvalue weighted by atomic mass is 10.3. The van der Waals surface area contributed by atoms with Crippen molar-refractivity contribution < 1.29 is 4.92 Å². The monoisotopic (exact) mass is 178 g/mol. The van der Waals surface area contributed by atoms with Gasteiger partial charge in [-0.2, -0.15) is 0 Å². The zero-order chi connectivity index (χ0) is 9.68. The Hall–Kier alpha value is -1.84. The number of nitrogens with one attached hydrogen (secondary N) is 1. The van der Waals surface area contributed by atoms with Crippen LogP contribution in [0.5, 0.6) is 0 Å². The van der Waals surface area contributed by atoms with Crippen molar-refractivity contribution in [3.05, 3.63) is 52.3 Å². The molecule has 0 spiro atoms. The Bertz CT molecular complexity index is 320. The lowest BCUT2D eigenvalue weighted by Gasteiger charge is -2.02. The number of nitro groups is 1. The second-order valence-corrected chi connectivity index (χ2v) is 2.59. The van der Waals surface area contributed by atoms with E-state index in [0.29, 0.717) is 5.70 Å².